The fraction of sp³-hybridized carbons (Fsp3) is 0.323. The lowest BCUT2D eigenvalue weighted by molar-refractivity contribution is -0.126. The number of carbonyl (C=O) groups is 3. The third-order valence-corrected chi connectivity index (χ3v) is 9.18. The van der Waals surface area contributed by atoms with E-state index in [9.17, 15) is 24.8 Å². The number of nitrogens with zero attached hydrogens (tertiary/aromatic N) is 8. The summed E-state index contributed by atoms with van der Waals surface area (Å²) in [4.78, 5) is 55.1. The standard InChI is InChI=1S/C31H30IN9O5/c1-46-24-15-35-29(41-18-36-28(37-41)31(45)40-12-11-39(32)16-21(40)17-42)26-25(24)23(14-34-26)27(43)30(44)38-9-7-20(8-10-38)22(13-33)19-5-3-2-4-6-19/h2-6,14-15,18,21,34,42H,7-12,16-17H2,1H3. The maximum absolute atomic E-state index is 13.6. The van der Waals surface area contributed by atoms with Gasteiger partial charge < -0.3 is 24.6 Å². The van der Waals surface area contributed by atoms with Gasteiger partial charge in [0.15, 0.2) is 5.82 Å². The SMILES string of the molecule is COc1cnc(-n2cnc(C(=O)N3CCN(I)CC3CO)n2)c2[nH]cc(C(=O)C(=O)N3CCC(=C(C#N)c4ccccc4)CC3)c12. The molecule has 6 rings (SSSR count). The number of pyridine rings is 1. The molecule has 1 unspecified atom stereocenters. The Morgan fingerprint density at radius 3 is 2.59 bits per heavy atom. The highest BCUT2D eigenvalue weighted by molar-refractivity contribution is 14.1. The van der Waals surface area contributed by atoms with Crippen LogP contribution in [0.25, 0.3) is 22.3 Å². The van der Waals surface area contributed by atoms with Crippen LogP contribution in [-0.2, 0) is 4.79 Å². The molecule has 4 aromatic rings. The Kier molecular flexibility index (Phi) is 9.10. The summed E-state index contributed by atoms with van der Waals surface area (Å²) in [6, 6.07) is 11.3. The van der Waals surface area contributed by atoms with Crippen LogP contribution in [0, 0.1) is 11.3 Å². The molecule has 14 nitrogen and oxygen atoms in total. The Morgan fingerprint density at radius 2 is 1.89 bits per heavy atom. The second kappa shape index (κ2) is 13.4. The molecule has 0 radical (unpaired) electrons. The van der Waals surface area contributed by atoms with Gasteiger partial charge in [0.25, 0.3) is 17.6 Å². The molecule has 1 aromatic carbocycles. The van der Waals surface area contributed by atoms with Gasteiger partial charge >= 0.3 is 0 Å². The predicted octanol–water partition coefficient (Wildman–Crippen LogP) is 2.40. The van der Waals surface area contributed by atoms with E-state index in [-0.39, 0.29) is 35.6 Å². The van der Waals surface area contributed by atoms with Gasteiger partial charge in [-0.05, 0) is 24.0 Å². The first-order chi connectivity index (χ1) is 22.3. The van der Waals surface area contributed by atoms with Crippen LogP contribution in [0.2, 0.25) is 0 Å². The Balaban J connectivity index is 1.24. The molecule has 2 amide bonds. The molecule has 2 saturated heterocycles. The number of methoxy groups -OCH3 is 1. The predicted molar refractivity (Wildman–Crippen MR) is 174 cm³/mol. The lowest BCUT2D eigenvalue weighted by Crippen LogP contribution is -2.54. The van der Waals surface area contributed by atoms with E-state index < -0.39 is 17.6 Å². The number of aliphatic hydroxyl groups excluding tert-OH is 1. The monoisotopic (exact) mass is 735 g/mol. The van der Waals surface area contributed by atoms with E-state index in [0.717, 1.165) is 11.1 Å². The molecule has 2 N–H and O–H groups in total. The lowest BCUT2D eigenvalue weighted by atomic mass is 9.93. The number of Topliss-reactive ketones (excluding diaryl/α,β-unsaturated/α-hetero) is 1. The van der Waals surface area contributed by atoms with Crippen molar-refractivity contribution in [3.63, 3.8) is 0 Å². The van der Waals surface area contributed by atoms with Gasteiger partial charge in [0, 0.05) is 61.8 Å². The summed E-state index contributed by atoms with van der Waals surface area (Å²) in [5, 5.41) is 24.3. The molecule has 5 heterocycles. The number of allylic oxidation sites excluding steroid dienone is 1. The molecular weight excluding hydrogens is 705 g/mol. The first-order valence-electron chi connectivity index (χ1n) is 14.6. The lowest BCUT2D eigenvalue weighted by Gasteiger charge is -2.37. The van der Waals surface area contributed by atoms with E-state index in [0.29, 0.717) is 62.0 Å². The van der Waals surface area contributed by atoms with Crippen molar-refractivity contribution >= 4 is 56.9 Å². The number of carbonyl (C=O) groups excluding carboxylic acids is 3. The zero-order chi connectivity index (χ0) is 32.4. The number of piperazine rings is 1. The highest BCUT2D eigenvalue weighted by Crippen LogP contribution is 2.33. The van der Waals surface area contributed by atoms with Crippen LogP contribution in [0.15, 0.2) is 54.6 Å². The van der Waals surface area contributed by atoms with E-state index in [2.05, 4.69) is 49.0 Å². The Labute approximate surface area is 277 Å². The van der Waals surface area contributed by atoms with Gasteiger partial charge in [-0.3, -0.25) is 14.4 Å². The number of likely N-dealkylation sites (tertiary alicyclic amines) is 1. The molecule has 0 bridgehead atoms. The molecule has 3 aromatic heterocycles. The number of aromatic nitrogens is 5. The average molecular weight is 736 g/mol. The maximum atomic E-state index is 13.6. The number of hydrogen-bond acceptors (Lipinski definition) is 10. The van der Waals surface area contributed by atoms with E-state index in [4.69, 9.17) is 4.74 Å². The molecule has 2 aliphatic rings. The molecule has 0 saturated carbocycles. The van der Waals surface area contributed by atoms with Gasteiger partial charge in [0.2, 0.25) is 5.82 Å². The normalized spacial score (nSPS) is 17.2. The van der Waals surface area contributed by atoms with Crippen LogP contribution in [0.5, 0.6) is 5.75 Å². The van der Waals surface area contributed by atoms with Crippen molar-refractivity contribution < 1.29 is 24.2 Å². The topological polar surface area (TPSA) is 174 Å². The zero-order valence-corrected chi connectivity index (χ0v) is 27.0. The third-order valence-electron chi connectivity index (χ3n) is 8.30. The minimum Gasteiger partial charge on any atom is -0.494 e. The minimum atomic E-state index is -0.711. The van der Waals surface area contributed by atoms with Gasteiger partial charge in [-0.1, -0.05) is 30.3 Å². The van der Waals surface area contributed by atoms with Crippen LogP contribution in [0.1, 0.15) is 39.4 Å². The molecule has 0 aliphatic carbocycles. The Morgan fingerprint density at radius 1 is 1.13 bits per heavy atom. The second-order valence-electron chi connectivity index (χ2n) is 10.9. The summed E-state index contributed by atoms with van der Waals surface area (Å²) in [5.74, 6) is -1.31. The highest BCUT2D eigenvalue weighted by Gasteiger charge is 2.33. The third kappa shape index (κ3) is 5.86. The highest BCUT2D eigenvalue weighted by atomic mass is 127. The van der Waals surface area contributed by atoms with E-state index >= 15 is 0 Å². The number of hydrogen-bond donors (Lipinski definition) is 2. The molecule has 46 heavy (non-hydrogen) atoms. The average Bonchev–Trinajstić information content (AvgIpc) is 3.77. The number of halogens is 1. The summed E-state index contributed by atoms with van der Waals surface area (Å²) in [6.45, 7) is 2.02. The largest absolute Gasteiger partial charge is 0.494 e. The number of ether oxygens (including phenoxy) is 1. The Hall–Kier alpha value is -4.66. The fourth-order valence-corrected chi connectivity index (χ4v) is 6.56. The van der Waals surface area contributed by atoms with Crippen molar-refractivity contribution in [1.29, 1.82) is 5.26 Å². The Bertz CT molecular complexity index is 1870. The number of rotatable bonds is 7. The number of benzene rings is 1. The number of piperidine rings is 1. The van der Waals surface area contributed by atoms with E-state index in [1.807, 2.05) is 33.4 Å². The number of aromatic amines is 1. The van der Waals surface area contributed by atoms with Gasteiger partial charge in [0.1, 0.15) is 12.1 Å². The van der Waals surface area contributed by atoms with Crippen molar-refractivity contribution in [2.75, 3.05) is 46.4 Å². The van der Waals surface area contributed by atoms with Crippen LogP contribution in [0.4, 0.5) is 0 Å². The smallest absolute Gasteiger partial charge is 0.295 e. The number of fused-ring (bicyclic) bond motifs is 1. The summed E-state index contributed by atoms with van der Waals surface area (Å²) < 4.78 is 8.85. The number of H-pyrrole nitrogens is 1. The number of aliphatic hydroxyl groups is 1. The van der Waals surface area contributed by atoms with Crippen molar-refractivity contribution in [2.24, 2.45) is 0 Å². The number of nitrogens with one attached hydrogen (secondary N) is 1. The second-order valence-corrected chi connectivity index (χ2v) is 12.3. The van der Waals surface area contributed by atoms with Gasteiger partial charge in [0.05, 0.1) is 54.1 Å². The zero-order valence-electron chi connectivity index (χ0n) is 24.9. The fourth-order valence-electron chi connectivity index (χ4n) is 5.89. The molecule has 0 spiro atoms. The minimum absolute atomic E-state index is 0.0607. The van der Waals surface area contributed by atoms with Gasteiger partial charge in [-0.2, -0.15) is 9.94 Å². The van der Waals surface area contributed by atoms with Crippen molar-refractivity contribution in [3.8, 4) is 17.6 Å². The van der Waals surface area contributed by atoms with Crippen LogP contribution in [0.3, 0.4) is 0 Å². The summed E-state index contributed by atoms with van der Waals surface area (Å²) in [6.07, 6.45) is 5.18. The molecule has 2 aliphatic heterocycles. The first kappa shape index (κ1) is 31.3. The first-order valence-corrected chi connectivity index (χ1v) is 15.6. The molecule has 236 valence electrons. The van der Waals surface area contributed by atoms with Crippen molar-refractivity contribution in [1.82, 2.24) is 37.6 Å². The molecule has 2 fully saturated rings. The molecule has 1 atom stereocenters. The van der Waals surface area contributed by atoms with Crippen molar-refractivity contribution in [2.45, 2.75) is 18.9 Å². The number of nitriles is 1. The summed E-state index contributed by atoms with van der Waals surface area (Å²) in [7, 11) is 1.44. The summed E-state index contributed by atoms with van der Waals surface area (Å²) in [5.41, 5.74) is 2.89. The maximum Gasteiger partial charge on any atom is 0.295 e. The molecular formula is C31H30IN9O5. The molecule has 15 heteroatoms. The van der Waals surface area contributed by atoms with Crippen LogP contribution in [-0.4, -0.2) is 113 Å². The van der Waals surface area contributed by atoms with E-state index in [1.54, 1.807) is 4.90 Å². The van der Waals surface area contributed by atoms with E-state index in [1.165, 1.54) is 35.4 Å². The quantitative estimate of drug-likeness (QED) is 0.0944. The van der Waals surface area contributed by atoms with Gasteiger partial charge in [-0.25, -0.2) is 13.1 Å². The number of ketones is 1. The van der Waals surface area contributed by atoms with Gasteiger partial charge in [-0.15, -0.1) is 5.10 Å². The van der Waals surface area contributed by atoms with Crippen LogP contribution < -0.4 is 4.74 Å². The number of amides is 2. The summed E-state index contributed by atoms with van der Waals surface area (Å²) >= 11 is 2.17. The van der Waals surface area contributed by atoms with Crippen molar-refractivity contribution in [3.05, 3.63) is 71.6 Å². The van der Waals surface area contributed by atoms with Crippen LogP contribution >= 0.6 is 22.9 Å².